The number of nitrogens with two attached hydrogens (primary N) is 3. The molecule has 0 aliphatic rings. The van der Waals surface area contributed by atoms with Gasteiger partial charge in [0.1, 0.15) is 0 Å². The van der Waals surface area contributed by atoms with Crippen molar-refractivity contribution in [1.82, 2.24) is 4.72 Å². The highest BCUT2D eigenvalue weighted by molar-refractivity contribution is 7.89. The second kappa shape index (κ2) is 6.41. The first-order valence-electron chi connectivity index (χ1n) is 5.82. The van der Waals surface area contributed by atoms with Crippen LogP contribution in [0, 0.1) is 0 Å². The smallest absolute Gasteiger partial charge is 0.240 e. The molecule has 0 saturated carbocycles. The van der Waals surface area contributed by atoms with Crippen LogP contribution < -0.4 is 26.8 Å². The molecule has 1 aromatic rings. The number of benzene rings is 1. The van der Waals surface area contributed by atoms with E-state index in [0.29, 0.717) is 0 Å². The highest BCUT2D eigenvalue weighted by Gasteiger charge is 2.19. The molecule has 0 unspecified atom stereocenters. The molecule has 0 saturated heterocycles. The second-order valence-electron chi connectivity index (χ2n) is 4.22. The third-order valence-corrected chi connectivity index (χ3v) is 4.03. The maximum atomic E-state index is 11.8. The van der Waals surface area contributed by atoms with Crippen LogP contribution in [0.15, 0.2) is 23.1 Å². The highest BCUT2D eigenvalue weighted by Crippen LogP contribution is 2.26. The largest absolute Gasteiger partial charge is 0.397 e. The van der Waals surface area contributed by atoms with Crippen molar-refractivity contribution in [2.75, 3.05) is 30.8 Å². The average molecular weight is 315 g/mol. The van der Waals surface area contributed by atoms with Gasteiger partial charge in [-0.2, -0.15) is 0 Å². The number of nitrogens with one attached hydrogen (secondary N) is 1. The monoisotopic (exact) mass is 315 g/mol. The molecular weight excluding hydrogens is 298 g/mol. The Hall–Kier alpha value is -2.33. The highest BCUT2D eigenvalue weighted by atomic mass is 32.2. The van der Waals surface area contributed by atoms with Crippen LogP contribution in [0.4, 0.5) is 11.4 Å². The van der Waals surface area contributed by atoms with Crippen molar-refractivity contribution in [3.63, 3.8) is 0 Å². The molecule has 9 nitrogen and oxygen atoms in total. The van der Waals surface area contributed by atoms with Gasteiger partial charge in [0.25, 0.3) is 0 Å². The van der Waals surface area contributed by atoms with Crippen molar-refractivity contribution in [3.05, 3.63) is 18.2 Å². The van der Waals surface area contributed by atoms with E-state index in [2.05, 4.69) is 4.72 Å². The quantitative estimate of drug-likeness (QED) is 0.423. The Morgan fingerprint density at radius 1 is 1.19 bits per heavy atom. The van der Waals surface area contributed by atoms with Crippen molar-refractivity contribution in [3.8, 4) is 0 Å². The summed E-state index contributed by atoms with van der Waals surface area (Å²) in [6.45, 7) is -0.646. The zero-order valence-corrected chi connectivity index (χ0v) is 12.2. The first-order chi connectivity index (χ1) is 9.67. The average Bonchev–Trinajstić information content (AvgIpc) is 2.37. The molecular formula is C11H17N5O4S. The van der Waals surface area contributed by atoms with Crippen molar-refractivity contribution >= 4 is 33.2 Å². The Bertz CT molecular complexity index is 643. The lowest BCUT2D eigenvalue weighted by Gasteiger charge is -2.23. The van der Waals surface area contributed by atoms with Gasteiger partial charge in [0.05, 0.1) is 29.4 Å². The van der Waals surface area contributed by atoms with Crippen LogP contribution in [-0.2, 0) is 19.6 Å². The van der Waals surface area contributed by atoms with E-state index in [1.54, 1.807) is 0 Å². The number of rotatable bonds is 7. The molecule has 116 valence electrons. The fourth-order valence-corrected chi connectivity index (χ4v) is 2.43. The van der Waals surface area contributed by atoms with E-state index in [0.717, 1.165) is 0 Å². The SMILES string of the molecule is CNS(=O)(=O)c1ccc(N)c(N(CC(N)=O)CC(N)=O)c1. The maximum absolute atomic E-state index is 11.8. The molecule has 0 aliphatic carbocycles. The second-order valence-corrected chi connectivity index (χ2v) is 6.10. The minimum absolute atomic E-state index is 0.0619. The molecule has 0 fully saturated rings. The molecule has 0 aliphatic heterocycles. The van der Waals surface area contributed by atoms with Gasteiger partial charge < -0.3 is 22.1 Å². The van der Waals surface area contributed by atoms with Crippen LogP contribution in [0.25, 0.3) is 0 Å². The maximum Gasteiger partial charge on any atom is 0.240 e. The predicted molar refractivity (Wildman–Crippen MR) is 77.7 cm³/mol. The molecule has 21 heavy (non-hydrogen) atoms. The fraction of sp³-hybridized carbons (Fsp3) is 0.273. The summed E-state index contributed by atoms with van der Waals surface area (Å²) in [5, 5.41) is 0. The zero-order chi connectivity index (χ0) is 16.2. The van der Waals surface area contributed by atoms with Crippen LogP contribution >= 0.6 is 0 Å². The van der Waals surface area contributed by atoms with Crippen LogP contribution in [-0.4, -0.2) is 40.4 Å². The fourth-order valence-electron chi connectivity index (χ4n) is 1.68. The van der Waals surface area contributed by atoms with E-state index in [-0.39, 0.29) is 29.4 Å². The lowest BCUT2D eigenvalue weighted by molar-refractivity contribution is -0.117. The number of sulfonamides is 1. The molecule has 1 rings (SSSR count). The standard InChI is InChI=1S/C11H17N5O4S/c1-15-21(19,20)7-2-3-8(12)9(4-7)16(5-10(13)17)6-11(14)18/h2-4,15H,5-6,12H2,1H3,(H2,13,17)(H2,14,18). The minimum Gasteiger partial charge on any atom is -0.397 e. The number of hydrogen-bond acceptors (Lipinski definition) is 6. The Balaban J connectivity index is 3.33. The summed E-state index contributed by atoms with van der Waals surface area (Å²) in [5.74, 6) is -1.42. The molecule has 0 aromatic heterocycles. The molecule has 7 N–H and O–H groups in total. The molecule has 10 heteroatoms. The van der Waals surface area contributed by atoms with Gasteiger partial charge in [0, 0.05) is 0 Å². The number of nitrogens with zero attached hydrogens (tertiary/aromatic N) is 1. The Kier molecular flexibility index (Phi) is 5.11. The summed E-state index contributed by atoms with van der Waals surface area (Å²) in [5.41, 5.74) is 16.3. The van der Waals surface area contributed by atoms with E-state index in [1.807, 2.05) is 0 Å². The first kappa shape index (κ1) is 16.7. The first-order valence-corrected chi connectivity index (χ1v) is 7.30. The molecule has 0 radical (unpaired) electrons. The van der Waals surface area contributed by atoms with Gasteiger partial charge in [0.15, 0.2) is 0 Å². The van der Waals surface area contributed by atoms with Gasteiger partial charge >= 0.3 is 0 Å². The molecule has 1 aromatic carbocycles. The predicted octanol–water partition coefficient (Wildman–Crippen LogP) is -2.05. The summed E-state index contributed by atoms with van der Waals surface area (Å²) < 4.78 is 25.7. The van der Waals surface area contributed by atoms with Gasteiger partial charge in [-0.05, 0) is 25.2 Å². The molecule has 2 amide bonds. The summed E-state index contributed by atoms with van der Waals surface area (Å²) in [6, 6.07) is 3.90. The van der Waals surface area contributed by atoms with Crippen molar-refractivity contribution in [2.24, 2.45) is 11.5 Å². The van der Waals surface area contributed by atoms with Crippen LogP contribution in [0.5, 0.6) is 0 Å². The number of nitrogen functional groups attached to an aromatic ring is 1. The number of hydrogen-bond donors (Lipinski definition) is 4. The number of carbonyl (C=O) groups is 2. The normalized spacial score (nSPS) is 11.1. The summed E-state index contributed by atoms with van der Waals surface area (Å²) >= 11 is 0. The van der Waals surface area contributed by atoms with E-state index < -0.39 is 21.8 Å². The van der Waals surface area contributed by atoms with Gasteiger partial charge in [-0.1, -0.05) is 0 Å². The van der Waals surface area contributed by atoms with Crippen molar-refractivity contribution in [2.45, 2.75) is 4.90 Å². The topological polar surface area (TPSA) is 162 Å². The van der Waals surface area contributed by atoms with E-state index in [4.69, 9.17) is 17.2 Å². The number of primary amides is 2. The van der Waals surface area contributed by atoms with Crippen LogP contribution in [0.1, 0.15) is 0 Å². The molecule has 0 heterocycles. The zero-order valence-electron chi connectivity index (χ0n) is 11.4. The van der Waals surface area contributed by atoms with E-state index in [9.17, 15) is 18.0 Å². The van der Waals surface area contributed by atoms with Crippen molar-refractivity contribution < 1.29 is 18.0 Å². The number of amides is 2. The van der Waals surface area contributed by atoms with Crippen LogP contribution in [0.3, 0.4) is 0 Å². The van der Waals surface area contributed by atoms with Gasteiger partial charge in [-0.3, -0.25) is 9.59 Å². The van der Waals surface area contributed by atoms with Gasteiger partial charge in [-0.15, -0.1) is 0 Å². The Morgan fingerprint density at radius 3 is 2.14 bits per heavy atom. The lowest BCUT2D eigenvalue weighted by atomic mass is 10.2. The molecule has 0 bridgehead atoms. The third-order valence-electron chi connectivity index (χ3n) is 2.62. The Morgan fingerprint density at radius 2 is 1.71 bits per heavy atom. The minimum atomic E-state index is -3.69. The Labute approximate surface area is 122 Å². The van der Waals surface area contributed by atoms with E-state index >= 15 is 0 Å². The van der Waals surface area contributed by atoms with E-state index in [1.165, 1.54) is 30.1 Å². The summed E-state index contributed by atoms with van der Waals surface area (Å²) in [6.07, 6.45) is 0. The third kappa shape index (κ3) is 4.33. The number of carbonyl (C=O) groups excluding carboxylic acids is 2. The lowest BCUT2D eigenvalue weighted by Crippen LogP contribution is -2.40. The van der Waals surface area contributed by atoms with Crippen molar-refractivity contribution in [1.29, 1.82) is 0 Å². The summed E-state index contributed by atoms with van der Waals surface area (Å²) in [4.78, 5) is 23.3. The number of anilines is 2. The molecule has 0 atom stereocenters. The van der Waals surface area contributed by atoms with Gasteiger partial charge in [0.2, 0.25) is 21.8 Å². The van der Waals surface area contributed by atoms with Gasteiger partial charge in [-0.25, -0.2) is 13.1 Å². The summed E-state index contributed by atoms with van der Waals surface area (Å²) in [7, 11) is -2.43. The van der Waals surface area contributed by atoms with Crippen LogP contribution in [0.2, 0.25) is 0 Å². The molecule has 0 spiro atoms.